The van der Waals surface area contributed by atoms with Crippen LogP contribution in [0.1, 0.15) is 16.7 Å². The number of fused-ring (bicyclic) bond motifs is 1. The van der Waals surface area contributed by atoms with Gasteiger partial charge in [-0.1, -0.05) is 23.7 Å². The Morgan fingerprint density at radius 1 is 1.07 bits per heavy atom. The fraction of sp³-hybridized carbons (Fsp3) is 0.455. The summed E-state index contributed by atoms with van der Waals surface area (Å²) in [7, 11) is 1.71. The number of nitrogens with zero attached hydrogens (tertiary/aromatic N) is 2. The Balaban J connectivity index is 1.29. The van der Waals surface area contributed by atoms with E-state index < -0.39 is 0 Å². The third kappa shape index (κ3) is 4.61. The molecule has 0 amide bonds. The molecule has 0 atom stereocenters. The number of halogens is 1. The molecule has 0 spiro atoms. The molecule has 0 aliphatic carbocycles. The molecule has 0 saturated carbocycles. The summed E-state index contributed by atoms with van der Waals surface area (Å²) < 4.78 is 16.4. The molecule has 1 saturated heterocycles. The molecule has 0 unspecified atom stereocenters. The van der Waals surface area contributed by atoms with Crippen LogP contribution in [-0.2, 0) is 24.3 Å². The van der Waals surface area contributed by atoms with E-state index in [9.17, 15) is 0 Å². The summed E-state index contributed by atoms with van der Waals surface area (Å²) in [6.07, 6.45) is 0.921. The van der Waals surface area contributed by atoms with E-state index >= 15 is 0 Å². The highest BCUT2D eigenvalue weighted by atomic mass is 35.5. The molecule has 2 aromatic carbocycles. The number of hydrogen-bond acceptors (Lipinski definition) is 5. The summed E-state index contributed by atoms with van der Waals surface area (Å²) in [5.74, 6) is 1.83. The molecule has 28 heavy (non-hydrogen) atoms. The smallest absolute Gasteiger partial charge is 0.189 e. The fourth-order valence-electron chi connectivity index (χ4n) is 3.93. The lowest BCUT2D eigenvalue weighted by Crippen LogP contribution is -2.46. The van der Waals surface area contributed by atoms with E-state index in [-0.39, 0.29) is 0 Å². The van der Waals surface area contributed by atoms with Gasteiger partial charge >= 0.3 is 0 Å². The molecule has 4 rings (SSSR count). The Bertz CT molecular complexity index is 806. The molecular formula is C22H27ClN2O3. The number of piperazine rings is 1. The Morgan fingerprint density at radius 3 is 2.71 bits per heavy atom. The molecular weight excluding hydrogens is 376 g/mol. The van der Waals surface area contributed by atoms with E-state index in [1.165, 1.54) is 5.56 Å². The maximum absolute atomic E-state index is 6.47. The zero-order chi connectivity index (χ0) is 19.3. The molecule has 2 aliphatic rings. The van der Waals surface area contributed by atoms with E-state index in [0.29, 0.717) is 13.4 Å². The Morgan fingerprint density at radius 2 is 1.89 bits per heavy atom. The van der Waals surface area contributed by atoms with Crippen LogP contribution in [0.15, 0.2) is 36.4 Å². The van der Waals surface area contributed by atoms with Crippen LogP contribution in [-0.4, -0.2) is 56.4 Å². The summed E-state index contributed by atoms with van der Waals surface area (Å²) >= 11 is 6.47. The third-order valence-electron chi connectivity index (χ3n) is 5.56. The second-order valence-electron chi connectivity index (χ2n) is 7.33. The summed E-state index contributed by atoms with van der Waals surface area (Å²) in [6, 6.07) is 12.2. The summed E-state index contributed by atoms with van der Waals surface area (Å²) in [6.45, 7) is 7.17. The molecule has 0 aromatic heterocycles. The molecule has 0 bridgehead atoms. The predicted molar refractivity (Wildman–Crippen MR) is 110 cm³/mol. The fourth-order valence-corrected chi connectivity index (χ4v) is 4.20. The summed E-state index contributed by atoms with van der Waals surface area (Å²) in [5, 5.41) is 0.810. The van der Waals surface area contributed by atoms with Crippen LogP contribution in [0.4, 0.5) is 0 Å². The van der Waals surface area contributed by atoms with Crippen molar-refractivity contribution in [3.8, 4) is 11.5 Å². The maximum Gasteiger partial charge on any atom is 0.189 e. The van der Waals surface area contributed by atoms with E-state index in [0.717, 1.165) is 73.3 Å². The van der Waals surface area contributed by atoms with Crippen LogP contribution in [0.2, 0.25) is 5.02 Å². The van der Waals surface area contributed by atoms with Crippen molar-refractivity contribution in [2.24, 2.45) is 0 Å². The molecule has 6 heteroatoms. The van der Waals surface area contributed by atoms with Crippen molar-refractivity contribution in [1.29, 1.82) is 0 Å². The zero-order valence-electron chi connectivity index (χ0n) is 16.3. The molecule has 2 heterocycles. The van der Waals surface area contributed by atoms with Crippen LogP contribution in [0, 0.1) is 0 Å². The highest BCUT2D eigenvalue weighted by Gasteiger charge is 2.20. The highest BCUT2D eigenvalue weighted by Crippen LogP contribution is 2.32. The highest BCUT2D eigenvalue weighted by molar-refractivity contribution is 6.31. The van der Waals surface area contributed by atoms with Crippen molar-refractivity contribution in [2.75, 3.05) is 46.6 Å². The standard InChI is InChI=1S/C22H27ClN2O3/c1-26-18-4-2-3-17(13-18)14-25-11-9-24(10-12-25)8-7-19-20-15-27-16-28-22(20)6-5-21(19)23/h2-6,13H,7-12,14-16H2,1H3. The van der Waals surface area contributed by atoms with Gasteiger partial charge in [-0.25, -0.2) is 0 Å². The largest absolute Gasteiger partial charge is 0.497 e. The first-order valence-corrected chi connectivity index (χ1v) is 10.2. The molecule has 150 valence electrons. The first-order chi connectivity index (χ1) is 13.7. The van der Waals surface area contributed by atoms with E-state index in [4.69, 9.17) is 25.8 Å². The molecule has 2 aliphatic heterocycles. The molecule has 0 radical (unpaired) electrons. The van der Waals surface area contributed by atoms with Crippen molar-refractivity contribution >= 4 is 11.6 Å². The van der Waals surface area contributed by atoms with Crippen LogP contribution < -0.4 is 9.47 Å². The third-order valence-corrected chi connectivity index (χ3v) is 5.91. The molecule has 5 nitrogen and oxygen atoms in total. The molecule has 2 aromatic rings. The Hall–Kier alpha value is -1.79. The lowest BCUT2D eigenvalue weighted by atomic mass is 10.0. The first-order valence-electron chi connectivity index (χ1n) is 9.81. The number of hydrogen-bond donors (Lipinski definition) is 0. The summed E-state index contributed by atoms with van der Waals surface area (Å²) in [5.41, 5.74) is 3.57. The van der Waals surface area contributed by atoms with Gasteiger partial charge in [0.1, 0.15) is 11.5 Å². The molecule has 0 N–H and O–H groups in total. The predicted octanol–water partition coefficient (Wildman–Crippen LogP) is 3.58. The van der Waals surface area contributed by atoms with E-state index in [1.54, 1.807) is 7.11 Å². The van der Waals surface area contributed by atoms with Crippen molar-refractivity contribution < 1.29 is 14.2 Å². The lowest BCUT2D eigenvalue weighted by Gasteiger charge is -2.35. The van der Waals surface area contributed by atoms with Crippen molar-refractivity contribution in [1.82, 2.24) is 9.80 Å². The van der Waals surface area contributed by atoms with Gasteiger partial charge in [-0.15, -0.1) is 0 Å². The van der Waals surface area contributed by atoms with Crippen LogP contribution in [0.3, 0.4) is 0 Å². The Kier molecular flexibility index (Phi) is 6.37. The minimum atomic E-state index is 0.323. The number of ether oxygens (including phenoxy) is 3. The van der Waals surface area contributed by atoms with Gasteiger partial charge in [0.2, 0.25) is 0 Å². The van der Waals surface area contributed by atoms with Gasteiger partial charge < -0.3 is 19.1 Å². The Labute approximate surface area is 171 Å². The lowest BCUT2D eigenvalue weighted by molar-refractivity contribution is -0.0168. The zero-order valence-corrected chi connectivity index (χ0v) is 17.1. The average molecular weight is 403 g/mol. The number of methoxy groups -OCH3 is 1. The monoisotopic (exact) mass is 402 g/mol. The average Bonchev–Trinajstić information content (AvgIpc) is 2.74. The van der Waals surface area contributed by atoms with Gasteiger partial charge in [-0.2, -0.15) is 0 Å². The van der Waals surface area contributed by atoms with Gasteiger partial charge in [0.25, 0.3) is 0 Å². The van der Waals surface area contributed by atoms with Crippen molar-refractivity contribution in [2.45, 2.75) is 19.6 Å². The normalized spacial score (nSPS) is 17.8. The molecule has 1 fully saturated rings. The van der Waals surface area contributed by atoms with Crippen LogP contribution >= 0.6 is 11.6 Å². The topological polar surface area (TPSA) is 34.2 Å². The minimum absolute atomic E-state index is 0.323. The van der Waals surface area contributed by atoms with Crippen molar-refractivity contribution in [3.05, 3.63) is 58.1 Å². The quantitative estimate of drug-likeness (QED) is 0.737. The van der Waals surface area contributed by atoms with Gasteiger partial charge in [-0.05, 0) is 41.8 Å². The summed E-state index contributed by atoms with van der Waals surface area (Å²) in [4.78, 5) is 5.02. The second kappa shape index (κ2) is 9.14. The maximum atomic E-state index is 6.47. The van der Waals surface area contributed by atoms with Crippen molar-refractivity contribution in [3.63, 3.8) is 0 Å². The second-order valence-corrected chi connectivity index (χ2v) is 7.74. The van der Waals surface area contributed by atoms with Gasteiger partial charge in [0.15, 0.2) is 6.79 Å². The SMILES string of the molecule is COc1cccc(CN2CCN(CCc3c(Cl)ccc4c3COCO4)CC2)c1. The van der Waals surface area contributed by atoms with Crippen LogP contribution in [0.5, 0.6) is 11.5 Å². The van der Waals surface area contributed by atoms with Gasteiger partial charge in [-0.3, -0.25) is 4.90 Å². The van der Waals surface area contributed by atoms with E-state index in [1.807, 2.05) is 18.2 Å². The van der Waals surface area contributed by atoms with Gasteiger partial charge in [0, 0.05) is 49.9 Å². The van der Waals surface area contributed by atoms with Gasteiger partial charge in [0.05, 0.1) is 13.7 Å². The minimum Gasteiger partial charge on any atom is -0.497 e. The first kappa shape index (κ1) is 19.5. The van der Waals surface area contributed by atoms with E-state index in [2.05, 4.69) is 28.0 Å². The van der Waals surface area contributed by atoms with Crippen LogP contribution in [0.25, 0.3) is 0 Å². The number of rotatable bonds is 6. The number of benzene rings is 2.